The minimum absolute atomic E-state index is 0.230. The number of hydrogen-bond acceptors (Lipinski definition) is 2. The molecule has 0 unspecified atom stereocenters. The largest absolute Gasteiger partial charge is 0.336 e. The summed E-state index contributed by atoms with van der Waals surface area (Å²) in [7, 11) is 0. The SMILES string of the molecule is CC[C@H]1CN(C(=O)C2CC2)[C@@H](CC)CN1C(=O)C1CC1. The average Bonchev–Trinajstić information content (AvgIpc) is 3.34. The van der Waals surface area contributed by atoms with E-state index in [2.05, 4.69) is 23.6 Å². The molecule has 1 heterocycles. The van der Waals surface area contributed by atoms with Gasteiger partial charge in [-0.25, -0.2) is 0 Å². The number of piperazine rings is 1. The summed E-state index contributed by atoms with van der Waals surface area (Å²) < 4.78 is 0. The second-order valence-electron chi connectivity index (χ2n) is 6.65. The molecule has 2 amide bonds. The molecule has 1 aliphatic heterocycles. The molecule has 0 bridgehead atoms. The molecule has 3 aliphatic rings. The molecule has 4 heteroatoms. The third-order valence-electron chi connectivity index (χ3n) is 5.06. The van der Waals surface area contributed by atoms with Crippen molar-refractivity contribution in [1.29, 1.82) is 0 Å². The molecule has 2 aliphatic carbocycles. The van der Waals surface area contributed by atoms with Gasteiger partial charge in [-0.1, -0.05) is 13.8 Å². The first kappa shape index (κ1) is 13.9. The molecule has 2 saturated carbocycles. The van der Waals surface area contributed by atoms with Crippen LogP contribution in [0.2, 0.25) is 0 Å². The summed E-state index contributed by atoms with van der Waals surface area (Å²) in [5.41, 5.74) is 0. The molecular formula is C16H26N2O2. The zero-order valence-corrected chi connectivity index (χ0v) is 12.7. The van der Waals surface area contributed by atoms with Gasteiger partial charge < -0.3 is 9.80 Å². The van der Waals surface area contributed by atoms with Crippen LogP contribution in [0.4, 0.5) is 0 Å². The van der Waals surface area contributed by atoms with Crippen molar-refractivity contribution in [2.24, 2.45) is 11.8 Å². The molecule has 2 atom stereocenters. The first-order valence-electron chi connectivity index (χ1n) is 8.26. The van der Waals surface area contributed by atoms with E-state index in [0.717, 1.165) is 51.6 Å². The quantitative estimate of drug-likeness (QED) is 0.789. The maximum atomic E-state index is 12.4. The van der Waals surface area contributed by atoms with E-state index in [1.165, 1.54) is 0 Å². The van der Waals surface area contributed by atoms with E-state index in [-0.39, 0.29) is 23.9 Å². The zero-order chi connectivity index (χ0) is 14.3. The Morgan fingerprint density at radius 3 is 1.40 bits per heavy atom. The Bertz CT molecular complexity index is 363. The van der Waals surface area contributed by atoms with E-state index in [9.17, 15) is 9.59 Å². The fourth-order valence-corrected chi connectivity index (χ4v) is 3.32. The first-order chi connectivity index (χ1) is 9.65. The number of carbonyl (C=O) groups excluding carboxylic acids is 2. The normalized spacial score (nSPS) is 30.5. The summed E-state index contributed by atoms with van der Waals surface area (Å²) >= 11 is 0. The molecular weight excluding hydrogens is 252 g/mol. The molecule has 20 heavy (non-hydrogen) atoms. The number of hydrogen-bond donors (Lipinski definition) is 0. The molecule has 0 aromatic carbocycles. The lowest BCUT2D eigenvalue weighted by Crippen LogP contribution is -2.61. The average molecular weight is 278 g/mol. The van der Waals surface area contributed by atoms with Gasteiger partial charge in [-0.3, -0.25) is 9.59 Å². The maximum Gasteiger partial charge on any atom is 0.226 e. The molecule has 112 valence electrons. The predicted molar refractivity (Wildman–Crippen MR) is 77.0 cm³/mol. The van der Waals surface area contributed by atoms with Gasteiger partial charge in [0.05, 0.1) is 0 Å². The smallest absolute Gasteiger partial charge is 0.226 e. The molecule has 3 fully saturated rings. The van der Waals surface area contributed by atoms with E-state index in [0.29, 0.717) is 11.8 Å². The van der Waals surface area contributed by atoms with Crippen LogP contribution in [-0.2, 0) is 9.59 Å². The van der Waals surface area contributed by atoms with Crippen molar-refractivity contribution in [2.75, 3.05) is 13.1 Å². The van der Waals surface area contributed by atoms with Crippen molar-refractivity contribution in [1.82, 2.24) is 9.80 Å². The Morgan fingerprint density at radius 2 is 1.15 bits per heavy atom. The van der Waals surface area contributed by atoms with E-state index in [1.807, 2.05) is 0 Å². The molecule has 0 radical (unpaired) electrons. The third kappa shape index (κ3) is 2.57. The summed E-state index contributed by atoms with van der Waals surface area (Å²) in [6.45, 7) is 5.76. The van der Waals surface area contributed by atoms with E-state index in [4.69, 9.17) is 0 Å². The predicted octanol–water partition coefficient (Wildman–Crippen LogP) is 2.03. The van der Waals surface area contributed by atoms with Gasteiger partial charge in [-0.05, 0) is 38.5 Å². The van der Waals surface area contributed by atoms with E-state index < -0.39 is 0 Å². The van der Waals surface area contributed by atoms with Gasteiger partial charge >= 0.3 is 0 Å². The van der Waals surface area contributed by atoms with Crippen LogP contribution in [0.15, 0.2) is 0 Å². The molecule has 0 N–H and O–H groups in total. The van der Waals surface area contributed by atoms with Crippen molar-refractivity contribution < 1.29 is 9.59 Å². The topological polar surface area (TPSA) is 40.6 Å². The Balaban J connectivity index is 1.73. The first-order valence-corrected chi connectivity index (χ1v) is 8.26. The van der Waals surface area contributed by atoms with Crippen LogP contribution in [0, 0.1) is 11.8 Å². The van der Waals surface area contributed by atoms with E-state index in [1.54, 1.807) is 0 Å². The van der Waals surface area contributed by atoms with Gasteiger partial charge in [0.25, 0.3) is 0 Å². The van der Waals surface area contributed by atoms with Crippen molar-refractivity contribution >= 4 is 11.8 Å². The van der Waals surface area contributed by atoms with Crippen LogP contribution >= 0.6 is 0 Å². The highest BCUT2D eigenvalue weighted by Gasteiger charge is 2.44. The van der Waals surface area contributed by atoms with Crippen LogP contribution in [0.25, 0.3) is 0 Å². The molecule has 3 rings (SSSR count). The van der Waals surface area contributed by atoms with Crippen LogP contribution in [0.3, 0.4) is 0 Å². The maximum absolute atomic E-state index is 12.4. The highest BCUT2D eigenvalue weighted by atomic mass is 16.2. The highest BCUT2D eigenvalue weighted by Crippen LogP contribution is 2.36. The molecule has 4 nitrogen and oxygen atoms in total. The lowest BCUT2D eigenvalue weighted by Gasteiger charge is -2.46. The number of rotatable bonds is 4. The van der Waals surface area contributed by atoms with Crippen molar-refractivity contribution in [3.63, 3.8) is 0 Å². The van der Waals surface area contributed by atoms with E-state index >= 15 is 0 Å². The standard InChI is InChI=1S/C16H26N2O2/c1-3-13-9-18(16(20)12-7-8-12)14(4-2)10-17(13)15(19)11-5-6-11/h11-14H,3-10H2,1-2H3/t13-,14-/m0/s1. The molecule has 0 spiro atoms. The van der Waals surface area contributed by atoms with Crippen molar-refractivity contribution in [3.8, 4) is 0 Å². The minimum Gasteiger partial charge on any atom is -0.336 e. The lowest BCUT2D eigenvalue weighted by molar-refractivity contribution is -0.148. The third-order valence-corrected chi connectivity index (χ3v) is 5.06. The van der Waals surface area contributed by atoms with Crippen molar-refractivity contribution in [3.05, 3.63) is 0 Å². The molecule has 0 aromatic rings. The Kier molecular flexibility index (Phi) is 3.74. The lowest BCUT2D eigenvalue weighted by atomic mass is 10.0. The van der Waals surface area contributed by atoms with Crippen LogP contribution < -0.4 is 0 Å². The summed E-state index contributed by atoms with van der Waals surface area (Å²) in [6, 6.07) is 0.460. The number of nitrogens with zero attached hydrogens (tertiary/aromatic N) is 2. The van der Waals surface area contributed by atoms with Crippen molar-refractivity contribution in [2.45, 2.75) is 64.5 Å². The monoisotopic (exact) mass is 278 g/mol. The minimum atomic E-state index is 0.230. The number of carbonyl (C=O) groups is 2. The second-order valence-corrected chi connectivity index (χ2v) is 6.65. The highest BCUT2D eigenvalue weighted by molar-refractivity contribution is 5.83. The summed E-state index contributed by atoms with van der Waals surface area (Å²) in [6.07, 6.45) is 6.15. The number of amides is 2. The zero-order valence-electron chi connectivity index (χ0n) is 12.7. The fraction of sp³-hybridized carbons (Fsp3) is 0.875. The Morgan fingerprint density at radius 1 is 0.800 bits per heavy atom. The molecule has 1 saturated heterocycles. The van der Waals surface area contributed by atoms with Crippen LogP contribution in [0.1, 0.15) is 52.4 Å². The van der Waals surface area contributed by atoms with Gasteiger partial charge in [0.2, 0.25) is 11.8 Å². The summed E-state index contributed by atoms with van der Waals surface area (Å²) in [4.78, 5) is 29.0. The second kappa shape index (κ2) is 5.38. The van der Waals surface area contributed by atoms with Crippen LogP contribution in [0.5, 0.6) is 0 Å². The molecule has 0 aromatic heterocycles. The van der Waals surface area contributed by atoms with Gasteiger partial charge in [-0.15, -0.1) is 0 Å². The summed E-state index contributed by atoms with van der Waals surface area (Å²) in [5.74, 6) is 1.25. The van der Waals surface area contributed by atoms with Gasteiger partial charge in [0.1, 0.15) is 0 Å². The van der Waals surface area contributed by atoms with Gasteiger partial charge in [0.15, 0.2) is 0 Å². The Labute approximate surface area is 121 Å². The fourth-order valence-electron chi connectivity index (χ4n) is 3.32. The van der Waals surface area contributed by atoms with Crippen LogP contribution in [-0.4, -0.2) is 46.8 Å². The van der Waals surface area contributed by atoms with Gasteiger partial charge in [0, 0.05) is 37.0 Å². The Hall–Kier alpha value is -1.06. The summed E-state index contributed by atoms with van der Waals surface area (Å²) in [5, 5.41) is 0. The van der Waals surface area contributed by atoms with Gasteiger partial charge in [-0.2, -0.15) is 0 Å².